The molecule has 0 spiro atoms. The smallest absolute Gasteiger partial charge is 0.233 e. The van der Waals surface area contributed by atoms with Crippen LogP contribution in [0.25, 0.3) is 11.0 Å². The lowest BCUT2D eigenvalue weighted by molar-refractivity contribution is -0.121. The van der Waals surface area contributed by atoms with E-state index in [2.05, 4.69) is 28.4 Å². The predicted molar refractivity (Wildman–Crippen MR) is 84.7 cm³/mol. The Morgan fingerprint density at radius 1 is 1.41 bits per heavy atom. The molecule has 118 valence electrons. The number of hydrogen-bond donors (Lipinski definition) is 1. The maximum Gasteiger partial charge on any atom is 0.233 e. The fourth-order valence-electron chi connectivity index (χ4n) is 2.96. The first-order chi connectivity index (χ1) is 10.7. The molecule has 1 amide bonds. The van der Waals surface area contributed by atoms with E-state index in [1.165, 1.54) is 5.56 Å². The number of ether oxygens (including phenoxy) is 1. The van der Waals surface area contributed by atoms with Crippen LogP contribution in [0.5, 0.6) is 0 Å². The van der Waals surface area contributed by atoms with E-state index in [1.807, 2.05) is 6.07 Å². The molecular formula is C17H22N2O3. The third-order valence-corrected chi connectivity index (χ3v) is 4.11. The lowest BCUT2D eigenvalue weighted by atomic mass is 9.99. The summed E-state index contributed by atoms with van der Waals surface area (Å²) >= 11 is 0. The van der Waals surface area contributed by atoms with Crippen LogP contribution in [0.15, 0.2) is 34.9 Å². The maximum atomic E-state index is 11.6. The van der Waals surface area contributed by atoms with Gasteiger partial charge in [-0.15, -0.1) is 0 Å². The fourth-order valence-corrected chi connectivity index (χ4v) is 2.96. The lowest BCUT2D eigenvalue weighted by Crippen LogP contribution is -2.39. The van der Waals surface area contributed by atoms with Crippen LogP contribution in [-0.2, 0) is 16.0 Å². The van der Waals surface area contributed by atoms with Crippen molar-refractivity contribution in [3.8, 4) is 0 Å². The van der Waals surface area contributed by atoms with E-state index in [4.69, 9.17) is 9.15 Å². The van der Waals surface area contributed by atoms with E-state index in [1.54, 1.807) is 13.3 Å². The van der Waals surface area contributed by atoms with Gasteiger partial charge in [-0.2, -0.15) is 0 Å². The fraction of sp³-hybridized carbons (Fsp3) is 0.471. The minimum Gasteiger partial charge on any atom is -0.464 e. The standard InChI is InChI=1S/C17H22N2O3/c1-18-17(20)11-19-5-7-21-12-14(10-19)8-13-2-3-15-4-6-22-16(15)9-13/h2-4,6,9,14H,5,7-8,10-12H2,1H3,(H,18,20). The van der Waals surface area contributed by atoms with Crippen molar-refractivity contribution in [3.63, 3.8) is 0 Å². The van der Waals surface area contributed by atoms with Crippen LogP contribution in [0.3, 0.4) is 0 Å². The average molecular weight is 302 g/mol. The first-order valence-corrected chi connectivity index (χ1v) is 7.71. The molecule has 1 N–H and O–H groups in total. The normalized spacial score (nSPS) is 20.0. The van der Waals surface area contributed by atoms with Crippen LogP contribution >= 0.6 is 0 Å². The van der Waals surface area contributed by atoms with Crippen molar-refractivity contribution in [2.75, 3.05) is 39.9 Å². The molecule has 1 aromatic carbocycles. The monoisotopic (exact) mass is 302 g/mol. The van der Waals surface area contributed by atoms with E-state index in [9.17, 15) is 4.79 Å². The van der Waals surface area contributed by atoms with Crippen molar-refractivity contribution in [1.82, 2.24) is 10.2 Å². The molecular weight excluding hydrogens is 280 g/mol. The molecule has 2 aromatic rings. The van der Waals surface area contributed by atoms with Crippen LogP contribution in [-0.4, -0.2) is 50.7 Å². The number of rotatable bonds is 4. The van der Waals surface area contributed by atoms with Gasteiger partial charge in [-0.3, -0.25) is 9.69 Å². The van der Waals surface area contributed by atoms with Crippen LogP contribution in [0, 0.1) is 5.92 Å². The zero-order chi connectivity index (χ0) is 15.4. The predicted octanol–water partition coefficient (Wildman–Crippen LogP) is 1.67. The Labute approximate surface area is 130 Å². The summed E-state index contributed by atoms with van der Waals surface area (Å²) in [5.74, 6) is 0.442. The highest BCUT2D eigenvalue weighted by molar-refractivity contribution is 5.78. The molecule has 3 rings (SSSR count). The molecule has 0 aliphatic carbocycles. The molecule has 1 aliphatic heterocycles. The minimum atomic E-state index is 0.0534. The van der Waals surface area contributed by atoms with Crippen molar-refractivity contribution in [2.45, 2.75) is 6.42 Å². The van der Waals surface area contributed by atoms with Gasteiger partial charge in [-0.1, -0.05) is 12.1 Å². The SMILES string of the molecule is CNC(=O)CN1CCOCC(Cc2ccc3ccoc3c2)C1. The summed E-state index contributed by atoms with van der Waals surface area (Å²) in [7, 11) is 1.67. The zero-order valence-corrected chi connectivity index (χ0v) is 12.9. The minimum absolute atomic E-state index is 0.0534. The molecule has 1 aromatic heterocycles. The molecule has 5 nitrogen and oxygen atoms in total. The van der Waals surface area contributed by atoms with E-state index < -0.39 is 0 Å². The van der Waals surface area contributed by atoms with Crippen molar-refractivity contribution in [1.29, 1.82) is 0 Å². The molecule has 0 radical (unpaired) electrons. The van der Waals surface area contributed by atoms with Crippen molar-refractivity contribution in [2.24, 2.45) is 5.92 Å². The van der Waals surface area contributed by atoms with Crippen LogP contribution in [0.1, 0.15) is 5.56 Å². The van der Waals surface area contributed by atoms with Crippen molar-refractivity contribution in [3.05, 3.63) is 36.1 Å². The Morgan fingerprint density at radius 3 is 3.18 bits per heavy atom. The molecule has 1 saturated heterocycles. The van der Waals surface area contributed by atoms with Gasteiger partial charge in [-0.05, 0) is 30.0 Å². The van der Waals surface area contributed by atoms with E-state index in [-0.39, 0.29) is 5.91 Å². The highest BCUT2D eigenvalue weighted by Gasteiger charge is 2.20. The quantitative estimate of drug-likeness (QED) is 0.933. The van der Waals surface area contributed by atoms with E-state index in [0.29, 0.717) is 19.1 Å². The summed E-state index contributed by atoms with van der Waals surface area (Å²) in [6, 6.07) is 8.31. The van der Waals surface area contributed by atoms with Gasteiger partial charge in [0.2, 0.25) is 5.91 Å². The summed E-state index contributed by atoms with van der Waals surface area (Å²) in [4.78, 5) is 13.7. The number of carbonyl (C=O) groups is 1. The Balaban J connectivity index is 1.65. The molecule has 0 bridgehead atoms. The van der Waals surface area contributed by atoms with Crippen LogP contribution in [0.4, 0.5) is 0 Å². The first kappa shape index (κ1) is 15.1. The number of likely N-dealkylation sites (N-methyl/N-ethyl adjacent to an activating group) is 1. The molecule has 1 atom stereocenters. The van der Waals surface area contributed by atoms with Gasteiger partial charge in [-0.25, -0.2) is 0 Å². The van der Waals surface area contributed by atoms with Gasteiger partial charge in [0, 0.05) is 25.5 Å². The highest BCUT2D eigenvalue weighted by atomic mass is 16.5. The second kappa shape index (κ2) is 6.94. The number of amides is 1. The highest BCUT2D eigenvalue weighted by Crippen LogP contribution is 2.20. The van der Waals surface area contributed by atoms with Gasteiger partial charge < -0.3 is 14.5 Å². The van der Waals surface area contributed by atoms with Crippen molar-refractivity contribution >= 4 is 16.9 Å². The van der Waals surface area contributed by atoms with Crippen LogP contribution < -0.4 is 5.32 Å². The van der Waals surface area contributed by atoms with Gasteiger partial charge in [0.05, 0.1) is 26.0 Å². The summed E-state index contributed by atoms with van der Waals surface area (Å²) in [5, 5.41) is 3.81. The Kier molecular flexibility index (Phi) is 4.75. The molecule has 5 heteroatoms. The molecule has 1 aliphatic rings. The topological polar surface area (TPSA) is 54.7 Å². The summed E-state index contributed by atoms with van der Waals surface area (Å²) < 4.78 is 11.2. The Bertz CT molecular complexity index is 638. The number of nitrogens with one attached hydrogen (secondary N) is 1. The number of hydrogen-bond acceptors (Lipinski definition) is 4. The third-order valence-electron chi connectivity index (χ3n) is 4.11. The van der Waals surface area contributed by atoms with Crippen LogP contribution in [0.2, 0.25) is 0 Å². The first-order valence-electron chi connectivity index (χ1n) is 7.71. The number of benzene rings is 1. The molecule has 0 saturated carbocycles. The number of nitrogens with zero attached hydrogens (tertiary/aromatic N) is 1. The van der Waals surface area contributed by atoms with E-state index >= 15 is 0 Å². The number of furan rings is 1. The second-order valence-electron chi connectivity index (χ2n) is 5.85. The summed E-state index contributed by atoms with van der Waals surface area (Å²) in [6.45, 7) is 3.55. The number of fused-ring (bicyclic) bond motifs is 1. The molecule has 22 heavy (non-hydrogen) atoms. The average Bonchev–Trinajstić information content (AvgIpc) is 2.87. The van der Waals surface area contributed by atoms with Crippen molar-refractivity contribution < 1.29 is 13.9 Å². The van der Waals surface area contributed by atoms with Gasteiger partial charge in [0.25, 0.3) is 0 Å². The Hall–Kier alpha value is -1.85. The maximum absolute atomic E-state index is 11.6. The number of carbonyl (C=O) groups excluding carboxylic acids is 1. The lowest BCUT2D eigenvalue weighted by Gasteiger charge is -2.22. The molecule has 2 heterocycles. The van der Waals surface area contributed by atoms with E-state index in [0.717, 1.165) is 37.1 Å². The van der Waals surface area contributed by atoms with Gasteiger partial charge >= 0.3 is 0 Å². The Morgan fingerprint density at radius 2 is 2.32 bits per heavy atom. The molecule has 1 fully saturated rings. The van der Waals surface area contributed by atoms with Gasteiger partial charge in [0.15, 0.2) is 0 Å². The second-order valence-corrected chi connectivity index (χ2v) is 5.85. The largest absolute Gasteiger partial charge is 0.464 e. The summed E-state index contributed by atoms with van der Waals surface area (Å²) in [5.41, 5.74) is 2.17. The third kappa shape index (κ3) is 3.67. The summed E-state index contributed by atoms with van der Waals surface area (Å²) in [6.07, 6.45) is 2.65. The zero-order valence-electron chi connectivity index (χ0n) is 12.9. The van der Waals surface area contributed by atoms with Gasteiger partial charge in [0.1, 0.15) is 5.58 Å². The molecule has 1 unspecified atom stereocenters.